The molecule has 0 aliphatic heterocycles. The molecule has 0 amide bonds. The summed E-state index contributed by atoms with van der Waals surface area (Å²) in [5.74, 6) is 2.35. The van der Waals surface area contributed by atoms with Crippen LogP contribution in [0.1, 0.15) is 25.3 Å². The number of para-hydroxylation sites is 1. The van der Waals surface area contributed by atoms with Gasteiger partial charge in [0.25, 0.3) is 0 Å². The number of ether oxygens (including phenoxy) is 2. The van der Waals surface area contributed by atoms with Gasteiger partial charge in [0.2, 0.25) is 0 Å². The van der Waals surface area contributed by atoms with Crippen molar-refractivity contribution in [3.63, 3.8) is 0 Å². The van der Waals surface area contributed by atoms with Crippen molar-refractivity contribution >= 4 is 29.9 Å². The summed E-state index contributed by atoms with van der Waals surface area (Å²) >= 11 is 0. The molecule has 1 aliphatic carbocycles. The molecule has 0 atom stereocenters. The number of aromatic hydroxyl groups is 1. The monoisotopic (exact) mass is 477 g/mol. The molecule has 0 aromatic heterocycles. The maximum atomic E-state index is 10.1. The Labute approximate surface area is 174 Å². The number of benzene rings is 1. The van der Waals surface area contributed by atoms with Crippen molar-refractivity contribution in [2.75, 3.05) is 47.0 Å². The van der Waals surface area contributed by atoms with Crippen molar-refractivity contribution in [1.82, 2.24) is 10.2 Å². The van der Waals surface area contributed by atoms with Gasteiger partial charge in [-0.25, -0.2) is 0 Å². The SMILES string of the molecule is CCNC(=NCCc1cccc(OC)c1O)N(C)CCOCC1CC1.I. The van der Waals surface area contributed by atoms with Gasteiger partial charge in [0.05, 0.1) is 13.7 Å². The lowest BCUT2D eigenvalue weighted by atomic mass is 10.1. The van der Waals surface area contributed by atoms with Crippen LogP contribution in [0.15, 0.2) is 23.2 Å². The van der Waals surface area contributed by atoms with Gasteiger partial charge in [-0.2, -0.15) is 0 Å². The summed E-state index contributed by atoms with van der Waals surface area (Å²) in [7, 11) is 3.57. The van der Waals surface area contributed by atoms with Gasteiger partial charge in [-0.05, 0) is 43.7 Å². The average molecular weight is 477 g/mol. The number of rotatable bonds is 10. The molecule has 0 bridgehead atoms. The van der Waals surface area contributed by atoms with E-state index in [1.807, 2.05) is 19.2 Å². The molecule has 0 heterocycles. The number of likely N-dealkylation sites (N-methyl/N-ethyl adjacent to an activating group) is 1. The van der Waals surface area contributed by atoms with E-state index >= 15 is 0 Å². The maximum absolute atomic E-state index is 10.1. The summed E-state index contributed by atoms with van der Waals surface area (Å²) in [6.07, 6.45) is 3.29. The van der Waals surface area contributed by atoms with Crippen LogP contribution in [-0.4, -0.2) is 63.0 Å². The molecule has 6 nitrogen and oxygen atoms in total. The minimum Gasteiger partial charge on any atom is -0.504 e. The molecule has 1 saturated carbocycles. The predicted molar refractivity (Wildman–Crippen MR) is 116 cm³/mol. The lowest BCUT2D eigenvalue weighted by Gasteiger charge is -2.22. The molecular weight excluding hydrogens is 445 g/mol. The molecule has 0 saturated heterocycles. The van der Waals surface area contributed by atoms with Crippen LogP contribution in [0.25, 0.3) is 0 Å². The third-order valence-corrected chi connectivity index (χ3v) is 4.26. The Bertz CT molecular complexity index is 565. The van der Waals surface area contributed by atoms with E-state index in [-0.39, 0.29) is 29.7 Å². The Hall–Kier alpha value is -1.22. The molecule has 1 aliphatic rings. The molecule has 1 aromatic rings. The van der Waals surface area contributed by atoms with Gasteiger partial charge in [0, 0.05) is 33.3 Å². The summed E-state index contributed by atoms with van der Waals surface area (Å²) < 4.78 is 10.8. The lowest BCUT2D eigenvalue weighted by molar-refractivity contribution is 0.115. The number of nitrogens with one attached hydrogen (secondary N) is 1. The summed E-state index contributed by atoms with van der Waals surface area (Å²) in [4.78, 5) is 6.74. The quantitative estimate of drug-likeness (QED) is 0.235. The Kier molecular flexibility index (Phi) is 10.7. The standard InChI is InChI=1S/C19H31N3O3.HI/c1-4-20-19(22(2)12-13-25-14-15-8-9-15)21-11-10-16-6-5-7-17(24-3)18(16)23;/h5-7,15,23H,4,8-14H2,1-3H3,(H,20,21);1H. The zero-order chi connectivity index (χ0) is 18.1. The maximum Gasteiger partial charge on any atom is 0.193 e. The Morgan fingerprint density at radius 3 is 2.81 bits per heavy atom. The number of methoxy groups -OCH3 is 1. The van der Waals surface area contributed by atoms with Crippen molar-refractivity contribution < 1.29 is 14.6 Å². The number of phenolic OH excluding ortho intramolecular Hbond substituents is 1. The van der Waals surface area contributed by atoms with Crippen LogP contribution in [0, 0.1) is 5.92 Å². The van der Waals surface area contributed by atoms with Crippen molar-refractivity contribution in [2.24, 2.45) is 10.9 Å². The van der Waals surface area contributed by atoms with Crippen LogP contribution in [-0.2, 0) is 11.2 Å². The molecule has 148 valence electrons. The van der Waals surface area contributed by atoms with Crippen molar-refractivity contribution in [2.45, 2.75) is 26.2 Å². The van der Waals surface area contributed by atoms with Gasteiger partial charge in [-0.15, -0.1) is 24.0 Å². The van der Waals surface area contributed by atoms with E-state index in [1.54, 1.807) is 13.2 Å². The number of nitrogens with zero attached hydrogens (tertiary/aromatic N) is 2. The highest BCUT2D eigenvalue weighted by Crippen LogP contribution is 2.29. The summed E-state index contributed by atoms with van der Waals surface area (Å²) in [5, 5.41) is 13.4. The van der Waals surface area contributed by atoms with E-state index in [1.165, 1.54) is 12.8 Å². The summed E-state index contributed by atoms with van der Waals surface area (Å²) in [6.45, 7) is 5.88. The van der Waals surface area contributed by atoms with Gasteiger partial charge in [0.15, 0.2) is 17.5 Å². The number of hydrogen-bond acceptors (Lipinski definition) is 4. The van der Waals surface area contributed by atoms with E-state index in [0.717, 1.165) is 37.1 Å². The molecule has 0 unspecified atom stereocenters. The molecule has 1 fully saturated rings. The second kappa shape index (κ2) is 12.2. The minimum atomic E-state index is 0. The fourth-order valence-electron chi connectivity index (χ4n) is 2.53. The van der Waals surface area contributed by atoms with E-state index < -0.39 is 0 Å². The van der Waals surface area contributed by atoms with E-state index in [4.69, 9.17) is 9.47 Å². The van der Waals surface area contributed by atoms with Gasteiger partial charge < -0.3 is 24.8 Å². The number of aliphatic imine (C=N–C) groups is 1. The molecular formula is C19H32IN3O3. The summed E-state index contributed by atoms with van der Waals surface area (Å²) in [6, 6.07) is 5.53. The van der Waals surface area contributed by atoms with Crippen molar-refractivity contribution in [3.05, 3.63) is 23.8 Å². The van der Waals surface area contributed by atoms with Gasteiger partial charge in [-0.3, -0.25) is 4.99 Å². The molecule has 1 aromatic carbocycles. The number of hydrogen-bond donors (Lipinski definition) is 2. The lowest BCUT2D eigenvalue weighted by Crippen LogP contribution is -2.40. The fraction of sp³-hybridized carbons (Fsp3) is 0.632. The topological polar surface area (TPSA) is 66.3 Å². The first kappa shape index (κ1) is 22.8. The second-order valence-electron chi connectivity index (χ2n) is 6.39. The first-order valence-electron chi connectivity index (χ1n) is 9.07. The number of phenols is 1. The molecule has 7 heteroatoms. The number of halogens is 1. The van der Waals surface area contributed by atoms with E-state index in [9.17, 15) is 5.11 Å². The predicted octanol–water partition coefficient (Wildman–Crippen LogP) is 2.89. The first-order valence-corrected chi connectivity index (χ1v) is 9.07. The van der Waals surface area contributed by atoms with Crippen LogP contribution < -0.4 is 10.1 Å². The van der Waals surface area contributed by atoms with Crippen LogP contribution in [0.3, 0.4) is 0 Å². The van der Waals surface area contributed by atoms with Crippen molar-refractivity contribution in [3.8, 4) is 11.5 Å². The normalized spacial score (nSPS) is 13.9. The Morgan fingerprint density at radius 2 is 2.15 bits per heavy atom. The minimum absolute atomic E-state index is 0. The largest absolute Gasteiger partial charge is 0.504 e. The fourth-order valence-corrected chi connectivity index (χ4v) is 2.53. The highest BCUT2D eigenvalue weighted by atomic mass is 127. The number of guanidine groups is 1. The van der Waals surface area contributed by atoms with Crippen LogP contribution >= 0.6 is 24.0 Å². The van der Waals surface area contributed by atoms with E-state index in [0.29, 0.717) is 25.3 Å². The van der Waals surface area contributed by atoms with Gasteiger partial charge >= 0.3 is 0 Å². The van der Waals surface area contributed by atoms with Crippen LogP contribution in [0.4, 0.5) is 0 Å². The molecule has 0 radical (unpaired) electrons. The smallest absolute Gasteiger partial charge is 0.193 e. The third-order valence-electron chi connectivity index (χ3n) is 4.26. The third kappa shape index (κ3) is 7.57. The zero-order valence-electron chi connectivity index (χ0n) is 16.0. The summed E-state index contributed by atoms with van der Waals surface area (Å²) in [5.41, 5.74) is 0.842. The zero-order valence-corrected chi connectivity index (χ0v) is 18.4. The molecule has 2 N–H and O–H groups in total. The Morgan fingerprint density at radius 1 is 1.38 bits per heavy atom. The first-order chi connectivity index (χ1) is 12.2. The Balaban J connectivity index is 0.00000338. The second-order valence-corrected chi connectivity index (χ2v) is 6.39. The van der Waals surface area contributed by atoms with Crippen LogP contribution in [0.5, 0.6) is 11.5 Å². The van der Waals surface area contributed by atoms with Gasteiger partial charge in [-0.1, -0.05) is 12.1 Å². The molecule has 26 heavy (non-hydrogen) atoms. The molecule has 0 spiro atoms. The highest BCUT2D eigenvalue weighted by Gasteiger charge is 2.21. The molecule has 2 rings (SSSR count). The van der Waals surface area contributed by atoms with E-state index in [2.05, 4.69) is 22.1 Å². The van der Waals surface area contributed by atoms with Crippen molar-refractivity contribution in [1.29, 1.82) is 0 Å². The highest BCUT2D eigenvalue weighted by molar-refractivity contribution is 14.0. The average Bonchev–Trinajstić information content (AvgIpc) is 3.43. The van der Waals surface area contributed by atoms with Crippen LogP contribution in [0.2, 0.25) is 0 Å². The van der Waals surface area contributed by atoms with Gasteiger partial charge in [0.1, 0.15) is 0 Å².